The third kappa shape index (κ3) is 3.63. The number of nitrogens with one attached hydrogen (secondary N) is 3. The Kier molecular flexibility index (Phi) is 4.86. The smallest absolute Gasteiger partial charge is 0.276 e. The topological polar surface area (TPSA) is 99.8 Å². The molecule has 140 valence electrons. The molecule has 0 aliphatic carbocycles. The van der Waals surface area contributed by atoms with Crippen LogP contribution in [0, 0.1) is 6.92 Å². The van der Waals surface area contributed by atoms with Crippen LogP contribution in [0.5, 0.6) is 0 Å². The third-order valence-electron chi connectivity index (χ3n) is 4.35. The molecule has 0 fully saturated rings. The Morgan fingerprint density at radius 1 is 1.11 bits per heavy atom. The van der Waals surface area contributed by atoms with E-state index in [9.17, 15) is 9.59 Å². The molecule has 2 aromatic heterocycles. The molecule has 0 aliphatic rings. The van der Waals surface area contributed by atoms with Crippen molar-refractivity contribution in [2.75, 3.05) is 5.32 Å². The van der Waals surface area contributed by atoms with Crippen LogP contribution in [0.1, 0.15) is 32.1 Å². The lowest BCUT2D eigenvalue weighted by atomic mass is 10.1. The highest BCUT2D eigenvalue weighted by Gasteiger charge is 2.15. The molecule has 0 unspecified atom stereocenters. The van der Waals surface area contributed by atoms with Gasteiger partial charge in [0.1, 0.15) is 5.69 Å². The number of rotatable bonds is 5. The average Bonchev–Trinajstić information content (AvgIpc) is 3.32. The highest BCUT2D eigenvalue weighted by Crippen LogP contribution is 2.23. The zero-order chi connectivity index (χ0) is 19.5. The van der Waals surface area contributed by atoms with Gasteiger partial charge in [0.05, 0.1) is 10.9 Å². The first kappa shape index (κ1) is 17.9. The third-order valence-corrected chi connectivity index (χ3v) is 5.18. The van der Waals surface area contributed by atoms with Gasteiger partial charge in [-0.05, 0) is 42.7 Å². The summed E-state index contributed by atoms with van der Waals surface area (Å²) in [6.45, 7) is 2.27. The highest BCUT2D eigenvalue weighted by atomic mass is 32.1. The first-order valence-electron chi connectivity index (χ1n) is 8.64. The number of nitrogens with zero attached hydrogens (tertiary/aromatic N) is 2. The summed E-state index contributed by atoms with van der Waals surface area (Å²) in [5.41, 5.74) is 3.22. The molecule has 4 rings (SSSR count). The maximum Gasteiger partial charge on any atom is 0.276 e. The Morgan fingerprint density at radius 3 is 2.79 bits per heavy atom. The summed E-state index contributed by atoms with van der Waals surface area (Å²) in [5, 5.41) is 13.3. The number of aryl methyl sites for hydroxylation is 1. The van der Waals surface area contributed by atoms with E-state index in [2.05, 4.69) is 25.2 Å². The number of anilines is 1. The van der Waals surface area contributed by atoms with Crippen molar-refractivity contribution in [2.24, 2.45) is 0 Å². The second kappa shape index (κ2) is 7.61. The summed E-state index contributed by atoms with van der Waals surface area (Å²) < 4.78 is 5.21. The van der Waals surface area contributed by atoms with E-state index < -0.39 is 0 Å². The van der Waals surface area contributed by atoms with Crippen LogP contribution in [0.3, 0.4) is 0 Å². The lowest BCUT2D eigenvalue weighted by Gasteiger charge is -2.08. The largest absolute Gasteiger partial charge is 0.348 e. The predicted molar refractivity (Wildman–Crippen MR) is 109 cm³/mol. The van der Waals surface area contributed by atoms with E-state index in [-0.39, 0.29) is 11.8 Å². The lowest BCUT2D eigenvalue weighted by molar-refractivity contribution is 0.0949. The summed E-state index contributed by atoms with van der Waals surface area (Å²) in [6, 6.07) is 14.4. The number of carbonyl (C=O) groups excluding carboxylic acids is 2. The molecule has 28 heavy (non-hydrogen) atoms. The number of fused-ring (bicyclic) bond motifs is 1. The van der Waals surface area contributed by atoms with Crippen LogP contribution < -0.4 is 10.6 Å². The molecular formula is C20H17N5O2S. The number of benzene rings is 2. The Bertz CT molecular complexity index is 1160. The average molecular weight is 391 g/mol. The van der Waals surface area contributed by atoms with Crippen LogP contribution in [-0.4, -0.2) is 26.4 Å². The minimum absolute atomic E-state index is 0.226. The Hall–Kier alpha value is -3.52. The number of aromatic nitrogens is 3. The quantitative estimate of drug-likeness (QED) is 0.485. The van der Waals surface area contributed by atoms with Crippen LogP contribution in [0.4, 0.5) is 5.69 Å². The van der Waals surface area contributed by atoms with E-state index in [1.54, 1.807) is 30.5 Å². The predicted octanol–water partition coefficient (Wildman–Crippen LogP) is 3.51. The molecule has 4 aromatic rings. The fourth-order valence-electron chi connectivity index (χ4n) is 2.81. The SMILES string of the molecule is Cc1[nH]ncc1CNC(=O)c1cccc(NC(=O)c2nsc3ccccc23)c1. The second-order valence-corrected chi connectivity index (χ2v) is 7.07. The van der Waals surface area contributed by atoms with Gasteiger partial charge in [0.25, 0.3) is 11.8 Å². The van der Waals surface area contributed by atoms with Crippen LogP contribution >= 0.6 is 11.5 Å². The highest BCUT2D eigenvalue weighted by molar-refractivity contribution is 7.13. The van der Waals surface area contributed by atoms with Gasteiger partial charge in [-0.3, -0.25) is 14.7 Å². The normalized spacial score (nSPS) is 10.8. The minimum Gasteiger partial charge on any atom is -0.348 e. The molecule has 3 N–H and O–H groups in total. The molecule has 7 nitrogen and oxygen atoms in total. The van der Waals surface area contributed by atoms with Crippen LogP contribution in [0.25, 0.3) is 10.1 Å². The van der Waals surface area contributed by atoms with Crippen LogP contribution in [-0.2, 0) is 6.54 Å². The molecule has 0 aliphatic heterocycles. The summed E-state index contributed by atoms with van der Waals surface area (Å²) >= 11 is 1.28. The molecular weight excluding hydrogens is 374 g/mol. The number of aromatic amines is 1. The molecule has 0 bridgehead atoms. The molecule has 8 heteroatoms. The van der Waals surface area contributed by atoms with Crippen molar-refractivity contribution in [3.63, 3.8) is 0 Å². The number of hydrogen-bond acceptors (Lipinski definition) is 5. The van der Waals surface area contributed by atoms with Crippen molar-refractivity contribution in [3.8, 4) is 0 Å². The van der Waals surface area contributed by atoms with Crippen molar-refractivity contribution in [1.82, 2.24) is 19.9 Å². The number of amides is 2. The fraction of sp³-hybridized carbons (Fsp3) is 0.100. The van der Waals surface area contributed by atoms with Gasteiger partial charge in [0, 0.05) is 34.4 Å². The number of H-pyrrole nitrogens is 1. The first-order chi connectivity index (χ1) is 13.6. The van der Waals surface area contributed by atoms with Crippen molar-refractivity contribution in [1.29, 1.82) is 0 Å². The van der Waals surface area contributed by atoms with Gasteiger partial charge in [-0.25, -0.2) is 0 Å². The van der Waals surface area contributed by atoms with Crippen molar-refractivity contribution in [2.45, 2.75) is 13.5 Å². The van der Waals surface area contributed by atoms with E-state index in [0.29, 0.717) is 23.5 Å². The van der Waals surface area contributed by atoms with E-state index in [0.717, 1.165) is 21.3 Å². The van der Waals surface area contributed by atoms with E-state index in [1.807, 2.05) is 31.2 Å². The Morgan fingerprint density at radius 2 is 1.96 bits per heavy atom. The first-order valence-corrected chi connectivity index (χ1v) is 9.42. The monoisotopic (exact) mass is 391 g/mol. The van der Waals surface area contributed by atoms with Gasteiger partial charge in [0.15, 0.2) is 0 Å². The lowest BCUT2D eigenvalue weighted by Crippen LogP contribution is -2.23. The van der Waals surface area contributed by atoms with E-state index in [4.69, 9.17) is 0 Å². The van der Waals surface area contributed by atoms with Gasteiger partial charge in [-0.15, -0.1) is 0 Å². The summed E-state index contributed by atoms with van der Waals surface area (Å²) in [4.78, 5) is 25.0. The molecule has 2 aromatic carbocycles. The van der Waals surface area contributed by atoms with Gasteiger partial charge in [0.2, 0.25) is 0 Å². The zero-order valence-corrected chi connectivity index (χ0v) is 15.8. The van der Waals surface area contributed by atoms with Gasteiger partial charge in [-0.2, -0.15) is 9.47 Å². The fourth-order valence-corrected chi connectivity index (χ4v) is 3.58. The Balaban J connectivity index is 1.46. The molecule has 0 spiro atoms. The minimum atomic E-state index is -0.302. The van der Waals surface area contributed by atoms with Gasteiger partial charge in [-0.1, -0.05) is 24.3 Å². The molecule has 0 atom stereocenters. The standard InChI is InChI=1S/C20H17N5O2S/c1-12-14(11-22-24-12)10-21-19(26)13-5-4-6-15(9-13)23-20(27)18-16-7-2-3-8-17(16)28-25-18/h2-9,11H,10H2,1H3,(H,21,26)(H,22,24)(H,23,27). The van der Waals surface area contributed by atoms with Crippen molar-refractivity contribution < 1.29 is 9.59 Å². The Labute approximate surface area is 165 Å². The van der Waals surface area contributed by atoms with E-state index in [1.165, 1.54) is 11.5 Å². The molecule has 2 amide bonds. The second-order valence-electron chi connectivity index (χ2n) is 6.27. The van der Waals surface area contributed by atoms with Gasteiger partial charge >= 0.3 is 0 Å². The molecule has 0 radical (unpaired) electrons. The summed E-state index contributed by atoms with van der Waals surface area (Å²) in [6.07, 6.45) is 1.68. The van der Waals surface area contributed by atoms with Crippen LogP contribution in [0.2, 0.25) is 0 Å². The van der Waals surface area contributed by atoms with E-state index >= 15 is 0 Å². The molecule has 2 heterocycles. The maximum absolute atomic E-state index is 12.6. The van der Waals surface area contributed by atoms with Crippen molar-refractivity contribution in [3.05, 3.63) is 77.2 Å². The van der Waals surface area contributed by atoms with Gasteiger partial charge < -0.3 is 10.6 Å². The summed E-state index contributed by atoms with van der Waals surface area (Å²) in [7, 11) is 0. The molecule has 0 saturated heterocycles. The summed E-state index contributed by atoms with van der Waals surface area (Å²) in [5.74, 6) is -0.528. The molecule has 0 saturated carbocycles. The maximum atomic E-state index is 12.6. The number of carbonyl (C=O) groups is 2. The van der Waals surface area contributed by atoms with Crippen molar-refractivity contribution >= 4 is 39.1 Å². The number of hydrogen-bond donors (Lipinski definition) is 3. The zero-order valence-electron chi connectivity index (χ0n) is 15.0. The van der Waals surface area contributed by atoms with Crippen LogP contribution in [0.15, 0.2) is 54.7 Å².